The van der Waals surface area contributed by atoms with Crippen molar-refractivity contribution in [2.45, 2.75) is 63.6 Å². The monoisotopic (exact) mass is 227 g/mol. The maximum absolute atomic E-state index is 9.14. The molecule has 3 nitrogen and oxygen atoms in total. The van der Waals surface area contributed by atoms with Crippen molar-refractivity contribution in [1.82, 2.24) is 4.90 Å². The Labute approximate surface area is 98.8 Å². The average molecular weight is 227 g/mol. The first kappa shape index (κ1) is 12.3. The lowest BCUT2D eigenvalue weighted by Crippen LogP contribution is -2.54. The van der Waals surface area contributed by atoms with Crippen molar-refractivity contribution in [2.75, 3.05) is 19.8 Å². The molecule has 1 heterocycles. The van der Waals surface area contributed by atoms with Gasteiger partial charge in [-0.3, -0.25) is 4.90 Å². The van der Waals surface area contributed by atoms with Crippen LogP contribution in [0, 0.1) is 0 Å². The molecule has 3 heteroatoms. The first-order valence-electron chi connectivity index (χ1n) is 6.67. The molecule has 1 saturated carbocycles. The molecule has 2 aliphatic rings. The Kier molecular flexibility index (Phi) is 3.88. The number of ether oxygens (including phenoxy) is 1. The van der Waals surface area contributed by atoms with Gasteiger partial charge in [-0.25, -0.2) is 0 Å². The van der Waals surface area contributed by atoms with Gasteiger partial charge in [0, 0.05) is 25.2 Å². The van der Waals surface area contributed by atoms with Gasteiger partial charge in [-0.2, -0.15) is 0 Å². The lowest BCUT2D eigenvalue weighted by molar-refractivity contribution is -0.151. The van der Waals surface area contributed by atoms with Crippen LogP contribution in [0.5, 0.6) is 0 Å². The molecule has 2 rings (SSSR count). The molecule has 94 valence electrons. The van der Waals surface area contributed by atoms with E-state index >= 15 is 0 Å². The SMILES string of the molecule is CC(C)N(CCO)C1CCOC2(CCC2)C1. The fourth-order valence-corrected chi connectivity index (χ4v) is 3.18. The van der Waals surface area contributed by atoms with E-state index < -0.39 is 0 Å². The first-order valence-corrected chi connectivity index (χ1v) is 6.67. The Morgan fingerprint density at radius 3 is 2.69 bits per heavy atom. The Balaban J connectivity index is 1.95. The van der Waals surface area contributed by atoms with Crippen molar-refractivity contribution >= 4 is 0 Å². The number of aliphatic hydroxyl groups excluding tert-OH is 1. The minimum Gasteiger partial charge on any atom is -0.395 e. The lowest BCUT2D eigenvalue weighted by atomic mass is 9.73. The zero-order chi connectivity index (χ0) is 11.6. The third-order valence-corrected chi connectivity index (χ3v) is 4.22. The molecule has 1 aliphatic carbocycles. The number of aliphatic hydroxyl groups is 1. The highest BCUT2D eigenvalue weighted by molar-refractivity contribution is 4.97. The summed E-state index contributed by atoms with van der Waals surface area (Å²) in [6, 6.07) is 1.13. The summed E-state index contributed by atoms with van der Waals surface area (Å²) >= 11 is 0. The Morgan fingerprint density at radius 1 is 1.44 bits per heavy atom. The Hall–Kier alpha value is -0.120. The molecule has 0 bridgehead atoms. The molecule has 1 saturated heterocycles. The fourth-order valence-electron chi connectivity index (χ4n) is 3.18. The van der Waals surface area contributed by atoms with E-state index in [0.29, 0.717) is 12.1 Å². The topological polar surface area (TPSA) is 32.7 Å². The fraction of sp³-hybridized carbons (Fsp3) is 1.00. The van der Waals surface area contributed by atoms with Crippen LogP contribution in [0.3, 0.4) is 0 Å². The van der Waals surface area contributed by atoms with Gasteiger partial charge < -0.3 is 9.84 Å². The molecule has 0 radical (unpaired) electrons. The van der Waals surface area contributed by atoms with Crippen LogP contribution in [0.2, 0.25) is 0 Å². The van der Waals surface area contributed by atoms with E-state index in [0.717, 1.165) is 19.6 Å². The van der Waals surface area contributed by atoms with Gasteiger partial charge in [0.2, 0.25) is 0 Å². The maximum Gasteiger partial charge on any atom is 0.0697 e. The van der Waals surface area contributed by atoms with E-state index in [4.69, 9.17) is 9.84 Å². The minimum atomic E-state index is 0.214. The molecule has 1 N–H and O–H groups in total. The van der Waals surface area contributed by atoms with Crippen LogP contribution >= 0.6 is 0 Å². The second-order valence-corrected chi connectivity index (χ2v) is 5.59. The van der Waals surface area contributed by atoms with Crippen LogP contribution in [-0.4, -0.2) is 47.4 Å². The Morgan fingerprint density at radius 2 is 2.19 bits per heavy atom. The van der Waals surface area contributed by atoms with E-state index in [2.05, 4.69) is 18.7 Å². The second kappa shape index (κ2) is 5.03. The predicted octanol–water partition coefficient (Wildman–Crippen LogP) is 1.79. The van der Waals surface area contributed by atoms with Crippen molar-refractivity contribution in [3.8, 4) is 0 Å². The van der Waals surface area contributed by atoms with Crippen molar-refractivity contribution in [3.63, 3.8) is 0 Å². The number of rotatable bonds is 4. The third kappa shape index (κ3) is 2.41. The van der Waals surface area contributed by atoms with Crippen molar-refractivity contribution < 1.29 is 9.84 Å². The molecular formula is C13H25NO2. The van der Waals surface area contributed by atoms with E-state index in [9.17, 15) is 0 Å². The van der Waals surface area contributed by atoms with Crippen LogP contribution < -0.4 is 0 Å². The third-order valence-electron chi connectivity index (χ3n) is 4.22. The molecule has 1 unspecified atom stereocenters. The van der Waals surface area contributed by atoms with Gasteiger partial charge in [-0.1, -0.05) is 0 Å². The molecule has 0 aromatic carbocycles. The van der Waals surface area contributed by atoms with Gasteiger partial charge >= 0.3 is 0 Å². The lowest BCUT2D eigenvalue weighted by Gasteiger charge is -2.50. The predicted molar refractivity (Wildman–Crippen MR) is 64.5 cm³/mol. The highest BCUT2D eigenvalue weighted by Crippen LogP contribution is 2.43. The summed E-state index contributed by atoms with van der Waals surface area (Å²) in [5.41, 5.74) is 0.214. The first-order chi connectivity index (χ1) is 7.67. The van der Waals surface area contributed by atoms with Crippen LogP contribution in [0.15, 0.2) is 0 Å². The van der Waals surface area contributed by atoms with E-state index in [1.807, 2.05) is 0 Å². The number of hydrogen-bond acceptors (Lipinski definition) is 3. The maximum atomic E-state index is 9.14. The summed E-state index contributed by atoms with van der Waals surface area (Å²) in [5, 5.41) is 9.14. The Bertz CT molecular complexity index is 226. The molecule has 1 spiro atoms. The van der Waals surface area contributed by atoms with Gasteiger partial charge in [-0.15, -0.1) is 0 Å². The molecule has 0 aromatic heterocycles. The normalized spacial score (nSPS) is 28.7. The summed E-state index contributed by atoms with van der Waals surface area (Å²) in [6.45, 7) is 6.41. The largest absolute Gasteiger partial charge is 0.395 e. The molecule has 0 amide bonds. The van der Waals surface area contributed by atoms with Crippen molar-refractivity contribution in [1.29, 1.82) is 0 Å². The smallest absolute Gasteiger partial charge is 0.0697 e. The highest BCUT2D eigenvalue weighted by atomic mass is 16.5. The standard InChI is InChI=1S/C13H25NO2/c1-11(2)14(7-8-15)12-4-9-16-13(10-12)5-3-6-13/h11-12,15H,3-10H2,1-2H3. The molecule has 1 atom stereocenters. The quantitative estimate of drug-likeness (QED) is 0.795. The number of nitrogens with zero attached hydrogens (tertiary/aromatic N) is 1. The van der Waals surface area contributed by atoms with Crippen molar-refractivity contribution in [2.24, 2.45) is 0 Å². The second-order valence-electron chi connectivity index (χ2n) is 5.59. The van der Waals surface area contributed by atoms with Crippen LogP contribution in [0.1, 0.15) is 46.0 Å². The summed E-state index contributed by atoms with van der Waals surface area (Å²) < 4.78 is 5.95. The van der Waals surface area contributed by atoms with Gasteiger partial charge in [-0.05, 0) is 46.0 Å². The minimum absolute atomic E-state index is 0.214. The van der Waals surface area contributed by atoms with Gasteiger partial charge in [0.15, 0.2) is 0 Å². The molecular weight excluding hydrogens is 202 g/mol. The average Bonchev–Trinajstić information content (AvgIpc) is 2.23. The van der Waals surface area contributed by atoms with Gasteiger partial charge in [0.1, 0.15) is 0 Å². The van der Waals surface area contributed by atoms with Crippen LogP contribution in [0.25, 0.3) is 0 Å². The van der Waals surface area contributed by atoms with E-state index in [-0.39, 0.29) is 12.2 Å². The van der Waals surface area contributed by atoms with Crippen molar-refractivity contribution in [3.05, 3.63) is 0 Å². The van der Waals surface area contributed by atoms with Gasteiger partial charge in [0.25, 0.3) is 0 Å². The molecule has 1 aliphatic heterocycles. The summed E-state index contributed by atoms with van der Waals surface area (Å²) in [5.74, 6) is 0. The summed E-state index contributed by atoms with van der Waals surface area (Å²) in [6.07, 6.45) is 6.11. The molecule has 2 fully saturated rings. The van der Waals surface area contributed by atoms with E-state index in [1.165, 1.54) is 25.7 Å². The zero-order valence-electron chi connectivity index (χ0n) is 10.6. The summed E-state index contributed by atoms with van der Waals surface area (Å²) in [4.78, 5) is 2.45. The van der Waals surface area contributed by atoms with Gasteiger partial charge in [0.05, 0.1) is 12.2 Å². The van der Waals surface area contributed by atoms with Crippen LogP contribution in [0.4, 0.5) is 0 Å². The van der Waals surface area contributed by atoms with Crippen LogP contribution in [-0.2, 0) is 4.74 Å². The highest BCUT2D eigenvalue weighted by Gasteiger charge is 2.44. The molecule has 0 aromatic rings. The summed E-state index contributed by atoms with van der Waals surface area (Å²) in [7, 11) is 0. The van der Waals surface area contributed by atoms with E-state index in [1.54, 1.807) is 0 Å². The zero-order valence-corrected chi connectivity index (χ0v) is 10.6. The molecule has 16 heavy (non-hydrogen) atoms. The number of hydrogen-bond donors (Lipinski definition) is 1.